The van der Waals surface area contributed by atoms with Crippen molar-refractivity contribution in [3.8, 4) is 5.75 Å². The Morgan fingerprint density at radius 2 is 1.78 bits per heavy atom. The Bertz CT molecular complexity index is 1190. The van der Waals surface area contributed by atoms with E-state index in [1.54, 1.807) is 42.5 Å². The number of hydrogen-bond donors (Lipinski definition) is 1. The van der Waals surface area contributed by atoms with Crippen LogP contribution in [0.15, 0.2) is 42.5 Å². The van der Waals surface area contributed by atoms with Crippen LogP contribution in [0.25, 0.3) is 0 Å². The van der Waals surface area contributed by atoms with Crippen LogP contribution in [0.5, 0.6) is 5.75 Å². The van der Waals surface area contributed by atoms with E-state index in [1.165, 1.54) is 16.3 Å². The SMILES string of the molecule is CC[C@@H](C(=O)NC(C)C)N(Cc1ccc(Cl)cc1Cl)C(=O)CCCN(c1ccccc1OC)S(C)(=O)=O. The average molecular weight is 573 g/mol. The first-order valence-electron chi connectivity index (χ1n) is 12.0. The van der Waals surface area contributed by atoms with Crippen LogP contribution >= 0.6 is 23.2 Å². The van der Waals surface area contributed by atoms with Crippen molar-refractivity contribution < 1.29 is 22.7 Å². The lowest BCUT2D eigenvalue weighted by Gasteiger charge is -2.32. The molecule has 2 aromatic carbocycles. The summed E-state index contributed by atoms with van der Waals surface area (Å²) in [6, 6.07) is 11.0. The number of halogens is 2. The highest BCUT2D eigenvalue weighted by Gasteiger charge is 2.30. The molecule has 0 radical (unpaired) electrons. The van der Waals surface area contributed by atoms with E-state index in [0.717, 1.165) is 6.26 Å². The maximum Gasteiger partial charge on any atom is 0.243 e. The number of sulfonamides is 1. The van der Waals surface area contributed by atoms with Crippen LogP contribution in [0.1, 0.15) is 45.6 Å². The molecule has 0 aromatic heterocycles. The number of benzene rings is 2. The van der Waals surface area contributed by atoms with Crippen LogP contribution < -0.4 is 14.4 Å². The van der Waals surface area contributed by atoms with E-state index in [1.807, 2.05) is 20.8 Å². The van der Waals surface area contributed by atoms with Gasteiger partial charge >= 0.3 is 0 Å². The van der Waals surface area contributed by atoms with E-state index in [9.17, 15) is 18.0 Å². The number of hydrogen-bond acceptors (Lipinski definition) is 5. The Kier molecular flexibility index (Phi) is 11.5. The predicted octanol–water partition coefficient (Wildman–Crippen LogP) is 4.88. The fourth-order valence-electron chi connectivity index (χ4n) is 3.95. The number of methoxy groups -OCH3 is 1. The minimum Gasteiger partial charge on any atom is -0.495 e. The summed E-state index contributed by atoms with van der Waals surface area (Å²) in [7, 11) is -2.17. The lowest BCUT2D eigenvalue weighted by Crippen LogP contribution is -2.50. The molecule has 0 aliphatic carbocycles. The number of carbonyl (C=O) groups is 2. The van der Waals surface area contributed by atoms with Crippen LogP contribution in [-0.2, 0) is 26.2 Å². The van der Waals surface area contributed by atoms with Crippen LogP contribution in [0.4, 0.5) is 5.69 Å². The maximum absolute atomic E-state index is 13.5. The molecular weight excluding hydrogens is 537 g/mol. The molecular formula is C26H35Cl2N3O5S. The summed E-state index contributed by atoms with van der Waals surface area (Å²) in [6.45, 7) is 5.72. The Morgan fingerprint density at radius 1 is 1.11 bits per heavy atom. The zero-order valence-corrected chi connectivity index (χ0v) is 24.2. The Hall–Kier alpha value is -2.49. The van der Waals surface area contributed by atoms with Gasteiger partial charge in [0.15, 0.2) is 0 Å². The Morgan fingerprint density at radius 3 is 2.35 bits per heavy atom. The number of para-hydroxylation sites is 2. The van der Waals surface area contributed by atoms with Crippen molar-refractivity contribution in [2.75, 3.05) is 24.2 Å². The highest BCUT2D eigenvalue weighted by atomic mass is 35.5. The van der Waals surface area contributed by atoms with Gasteiger partial charge in [-0.15, -0.1) is 0 Å². The fourth-order valence-corrected chi connectivity index (χ4v) is 5.39. The summed E-state index contributed by atoms with van der Waals surface area (Å²) in [5.74, 6) is -0.136. The molecule has 0 spiro atoms. The smallest absolute Gasteiger partial charge is 0.243 e. The molecule has 0 aliphatic rings. The maximum atomic E-state index is 13.5. The molecule has 0 heterocycles. The minimum atomic E-state index is -3.64. The molecule has 204 valence electrons. The molecule has 11 heteroatoms. The molecule has 2 rings (SSSR count). The Balaban J connectivity index is 2.28. The van der Waals surface area contributed by atoms with E-state index in [4.69, 9.17) is 27.9 Å². The summed E-state index contributed by atoms with van der Waals surface area (Å²) in [4.78, 5) is 28.0. The van der Waals surface area contributed by atoms with E-state index in [2.05, 4.69) is 5.32 Å². The van der Waals surface area contributed by atoms with Crippen LogP contribution in [0, 0.1) is 0 Å². The zero-order chi connectivity index (χ0) is 27.8. The number of carbonyl (C=O) groups excluding carboxylic acids is 2. The molecule has 2 aromatic rings. The van der Waals surface area contributed by atoms with E-state index < -0.39 is 16.1 Å². The fraction of sp³-hybridized carbons (Fsp3) is 0.462. The first-order chi connectivity index (χ1) is 17.4. The summed E-state index contributed by atoms with van der Waals surface area (Å²) < 4.78 is 31.7. The molecule has 0 saturated heterocycles. The summed E-state index contributed by atoms with van der Waals surface area (Å²) >= 11 is 12.4. The van der Waals surface area contributed by atoms with Crippen molar-refractivity contribution in [3.63, 3.8) is 0 Å². The highest BCUT2D eigenvalue weighted by molar-refractivity contribution is 7.92. The van der Waals surface area contributed by atoms with Crippen LogP contribution in [0.2, 0.25) is 10.0 Å². The van der Waals surface area contributed by atoms with E-state index >= 15 is 0 Å². The van der Waals surface area contributed by atoms with Gasteiger partial charge < -0.3 is 15.0 Å². The standard InChI is InChI=1S/C26H35Cl2N3O5S/c1-6-22(26(33)29-18(2)3)30(17-19-13-14-20(27)16-21(19)28)25(32)12-9-15-31(37(5,34)35)23-10-7-8-11-24(23)36-4/h7-8,10-11,13-14,16,18,22H,6,9,12,15,17H2,1-5H3,(H,29,33)/t22-/m0/s1. The van der Waals surface area contributed by atoms with E-state index in [-0.39, 0.29) is 43.8 Å². The van der Waals surface area contributed by atoms with Crippen molar-refractivity contribution in [2.45, 2.75) is 58.7 Å². The topological polar surface area (TPSA) is 96.0 Å². The quantitative estimate of drug-likeness (QED) is 0.369. The highest BCUT2D eigenvalue weighted by Crippen LogP contribution is 2.30. The monoisotopic (exact) mass is 571 g/mol. The average Bonchev–Trinajstić information content (AvgIpc) is 2.81. The molecule has 0 fully saturated rings. The molecule has 2 amide bonds. The molecule has 0 bridgehead atoms. The van der Waals surface area contributed by atoms with Gasteiger partial charge in [0, 0.05) is 35.6 Å². The molecule has 1 N–H and O–H groups in total. The van der Waals surface area contributed by atoms with Crippen molar-refractivity contribution in [3.05, 3.63) is 58.1 Å². The van der Waals surface area contributed by atoms with Gasteiger partial charge in [0.1, 0.15) is 11.8 Å². The molecule has 0 aliphatic heterocycles. The van der Waals surface area contributed by atoms with Gasteiger partial charge in [-0.25, -0.2) is 8.42 Å². The molecule has 0 unspecified atom stereocenters. The third kappa shape index (κ3) is 8.79. The molecule has 1 atom stereocenters. The number of nitrogens with zero attached hydrogens (tertiary/aromatic N) is 2. The summed E-state index contributed by atoms with van der Waals surface area (Å²) in [5.41, 5.74) is 1.05. The second-order valence-electron chi connectivity index (χ2n) is 8.96. The number of amides is 2. The molecule has 8 nitrogen and oxygen atoms in total. The van der Waals surface area contributed by atoms with Crippen LogP contribution in [-0.4, -0.2) is 57.1 Å². The van der Waals surface area contributed by atoms with Crippen molar-refractivity contribution in [1.82, 2.24) is 10.2 Å². The van der Waals surface area contributed by atoms with Gasteiger partial charge in [-0.2, -0.15) is 0 Å². The second kappa shape index (κ2) is 13.9. The largest absolute Gasteiger partial charge is 0.495 e. The normalized spacial score (nSPS) is 12.2. The number of ether oxygens (including phenoxy) is 1. The van der Waals surface area contributed by atoms with Gasteiger partial charge in [-0.3, -0.25) is 13.9 Å². The lowest BCUT2D eigenvalue weighted by molar-refractivity contribution is -0.141. The lowest BCUT2D eigenvalue weighted by atomic mass is 10.1. The number of anilines is 1. The Labute approximate surface area is 229 Å². The first kappa shape index (κ1) is 30.7. The minimum absolute atomic E-state index is 0.0256. The third-order valence-electron chi connectivity index (χ3n) is 5.68. The third-order valence-corrected chi connectivity index (χ3v) is 7.45. The van der Waals surface area contributed by atoms with Gasteiger partial charge in [0.2, 0.25) is 21.8 Å². The van der Waals surface area contributed by atoms with Gasteiger partial charge in [0.25, 0.3) is 0 Å². The number of nitrogens with one attached hydrogen (secondary N) is 1. The van der Waals surface area contributed by atoms with Gasteiger partial charge in [-0.1, -0.05) is 48.3 Å². The molecule has 0 saturated carbocycles. The van der Waals surface area contributed by atoms with Gasteiger partial charge in [-0.05, 0) is 56.5 Å². The second-order valence-corrected chi connectivity index (χ2v) is 11.7. The summed E-state index contributed by atoms with van der Waals surface area (Å²) in [5, 5.41) is 3.74. The first-order valence-corrected chi connectivity index (χ1v) is 14.6. The predicted molar refractivity (Wildman–Crippen MR) is 149 cm³/mol. The zero-order valence-electron chi connectivity index (χ0n) is 21.8. The van der Waals surface area contributed by atoms with Crippen LogP contribution in [0.3, 0.4) is 0 Å². The molecule has 37 heavy (non-hydrogen) atoms. The van der Waals surface area contributed by atoms with Crippen molar-refractivity contribution in [1.29, 1.82) is 0 Å². The van der Waals surface area contributed by atoms with E-state index in [0.29, 0.717) is 33.5 Å². The number of rotatable bonds is 13. The summed E-state index contributed by atoms with van der Waals surface area (Å²) in [6.07, 6.45) is 1.76. The van der Waals surface area contributed by atoms with Crippen molar-refractivity contribution in [2.24, 2.45) is 0 Å². The van der Waals surface area contributed by atoms with Crippen molar-refractivity contribution >= 4 is 50.7 Å². The van der Waals surface area contributed by atoms with Gasteiger partial charge in [0.05, 0.1) is 19.1 Å².